The molecule has 2 atom stereocenters. The Hall–Kier alpha value is -0.150. The minimum atomic E-state index is -4.08. The van der Waals surface area contributed by atoms with Crippen LogP contribution in [0.2, 0.25) is 5.02 Å². The molecule has 0 aliphatic rings. The zero-order chi connectivity index (χ0) is 16.4. The van der Waals surface area contributed by atoms with Crippen molar-refractivity contribution in [3.63, 3.8) is 0 Å². The van der Waals surface area contributed by atoms with Gasteiger partial charge in [-0.1, -0.05) is 27.5 Å². The van der Waals surface area contributed by atoms with Gasteiger partial charge in [-0.3, -0.25) is 9.00 Å². The fraction of sp³-hybridized carbons (Fsp3) is 0.364. The van der Waals surface area contributed by atoms with Gasteiger partial charge in [-0.25, -0.2) is 8.42 Å². The average molecular weight is 437 g/mol. The summed E-state index contributed by atoms with van der Waals surface area (Å²) in [4.78, 5) is 11.8. The normalized spacial score (nSPS) is 14.5. The Balaban J connectivity index is 3.17. The van der Waals surface area contributed by atoms with E-state index >= 15 is 0 Å². The molecule has 0 aromatic heterocycles. The third-order valence-corrected chi connectivity index (χ3v) is 5.67. The average Bonchev–Trinajstić information content (AvgIpc) is 2.28. The summed E-state index contributed by atoms with van der Waals surface area (Å²) in [5, 5.41) is 2.34. The second-order valence-electron chi connectivity index (χ2n) is 4.32. The van der Waals surface area contributed by atoms with E-state index in [1.165, 1.54) is 18.4 Å². The van der Waals surface area contributed by atoms with E-state index in [9.17, 15) is 17.4 Å². The molecule has 0 heterocycles. The third-order valence-electron chi connectivity index (χ3n) is 2.37. The molecule has 0 bridgehead atoms. The lowest BCUT2D eigenvalue weighted by atomic mass is 10.2. The smallest absolute Gasteiger partial charge is 0.262 e. The van der Waals surface area contributed by atoms with E-state index in [0.717, 1.165) is 0 Å². The van der Waals surface area contributed by atoms with Crippen molar-refractivity contribution >= 4 is 64.0 Å². The van der Waals surface area contributed by atoms with Crippen LogP contribution in [0.4, 0.5) is 0 Å². The topological polar surface area (TPSA) is 80.3 Å². The summed E-state index contributed by atoms with van der Waals surface area (Å²) in [5.41, 5.74) is -0.0287. The van der Waals surface area contributed by atoms with Crippen LogP contribution in [0.25, 0.3) is 0 Å². The fourth-order valence-electron chi connectivity index (χ4n) is 1.60. The largest absolute Gasteiger partial charge is 0.349 e. The lowest BCUT2D eigenvalue weighted by Crippen LogP contribution is -2.36. The van der Waals surface area contributed by atoms with E-state index in [1.54, 1.807) is 6.92 Å². The summed E-state index contributed by atoms with van der Waals surface area (Å²) in [5.74, 6) is -0.293. The lowest BCUT2D eigenvalue weighted by molar-refractivity contribution is 0.0943. The molecule has 0 aliphatic carbocycles. The number of halogens is 3. The Morgan fingerprint density at radius 2 is 2.05 bits per heavy atom. The minimum Gasteiger partial charge on any atom is -0.349 e. The monoisotopic (exact) mass is 435 g/mol. The summed E-state index contributed by atoms with van der Waals surface area (Å²) >= 11 is 9.05. The van der Waals surface area contributed by atoms with Gasteiger partial charge in [-0.15, -0.1) is 0 Å². The number of carbonyl (C=O) groups excluding carboxylic acids is 1. The Morgan fingerprint density at radius 3 is 2.52 bits per heavy atom. The molecule has 1 rings (SSSR count). The molecular formula is C11H12BrCl2NO4S2. The standard InChI is InChI=1S/C11H12BrCl2NO4S2/c1-6(5-20(2)17)15-11(16)8-3-7(12)4-9(10(8)13)21(14,18)19/h3-4,6H,5H2,1-2H3,(H,15,16). The first-order valence-corrected chi connectivity index (χ1v) is 10.8. The van der Waals surface area contributed by atoms with Gasteiger partial charge in [0.15, 0.2) is 0 Å². The number of hydrogen-bond donors (Lipinski definition) is 1. The van der Waals surface area contributed by atoms with Gasteiger partial charge in [0.2, 0.25) is 0 Å². The lowest BCUT2D eigenvalue weighted by Gasteiger charge is -2.14. The van der Waals surface area contributed by atoms with Gasteiger partial charge in [-0.05, 0) is 19.1 Å². The van der Waals surface area contributed by atoms with Crippen LogP contribution < -0.4 is 5.32 Å². The molecule has 0 spiro atoms. The summed E-state index contributed by atoms with van der Waals surface area (Å²) in [6.45, 7) is 1.68. The maximum atomic E-state index is 12.1. The van der Waals surface area contributed by atoms with Crippen molar-refractivity contribution in [2.45, 2.75) is 17.9 Å². The van der Waals surface area contributed by atoms with Gasteiger partial charge in [0, 0.05) is 44.0 Å². The maximum Gasteiger partial charge on any atom is 0.262 e. The van der Waals surface area contributed by atoms with Crippen molar-refractivity contribution in [2.24, 2.45) is 0 Å². The molecule has 21 heavy (non-hydrogen) atoms. The van der Waals surface area contributed by atoms with Crippen LogP contribution in [0.15, 0.2) is 21.5 Å². The fourth-order valence-corrected chi connectivity index (χ4v) is 4.57. The molecule has 0 saturated heterocycles. The van der Waals surface area contributed by atoms with Gasteiger partial charge >= 0.3 is 0 Å². The van der Waals surface area contributed by atoms with E-state index in [1.807, 2.05) is 0 Å². The predicted octanol–water partition coefficient (Wildman–Crippen LogP) is 2.53. The van der Waals surface area contributed by atoms with E-state index in [4.69, 9.17) is 22.3 Å². The van der Waals surface area contributed by atoms with Crippen molar-refractivity contribution in [3.8, 4) is 0 Å². The first-order valence-electron chi connectivity index (χ1n) is 5.57. The van der Waals surface area contributed by atoms with Crippen molar-refractivity contribution in [1.82, 2.24) is 5.32 Å². The molecular weight excluding hydrogens is 425 g/mol. The van der Waals surface area contributed by atoms with Crippen LogP contribution in [0, 0.1) is 0 Å². The number of amides is 1. The van der Waals surface area contributed by atoms with Crippen LogP contribution in [-0.4, -0.2) is 36.6 Å². The van der Waals surface area contributed by atoms with E-state index in [0.29, 0.717) is 4.47 Å². The predicted molar refractivity (Wildman–Crippen MR) is 88.1 cm³/mol. The van der Waals surface area contributed by atoms with Crippen LogP contribution in [0.3, 0.4) is 0 Å². The molecule has 1 N–H and O–H groups in total. The van der Waals surface area contributed by atoms with Crippen LogP contribution in [-0.2, 0) is 19.9 Å². The highest BCUT2D eigenvalue weighted by Gasteiger charge is 2.23. The minimum absolute atomic E-state index is 0.0287. The van der Waals surface area contributed by atoms with Crippen molar-refractivity contribution in [1.29, 1.82) is 0 Å². The highest BCUT2D eigenvalue weighted by atomic mass is 79.9. The SMILES string of the molecule is CC(CS(C)=O)NC(=O)c1cc(Br)cc(S(=O)(=O)Cl)c1Cl. The molecule has 0 saturated carbocycles. The van der Waals surface area contributed by atoms with E-state index in [2.05, 4.69) is 21.2 Å². The van der Waals surface area contributed by atoms with Crippen molar-refractivity contribution < 1.29 is 17.4 Å². The van der Waals surface area contributed by atoms with Crippen molar-refractivity contribution in [2.75, 3.05) is 12.0 Å². The Kier molecular flexibility index (Phi) is 6.67. The number of rotatable bonds is 5. The highest BCUT2D eigenvalue weighted by Crippen LogP contribution is 2.31. The number of nitrogens with one attached hydrogen (secondary N) is 1. The summed E-state index contributed by atoms with van der Waals surface area (Å²) in [7, 11) is 0.134. The van der Waals surface area contributed by atoms with Gasteiger partial charge in [0.25, 0.3) is 15.0 Å². The van der Waals surface area contributed by atoms with Crippen molar-refractivity contribution in [3.05, 3.63) is 27.2 Å². The number of benzene rings is 1. The first-order chi connectivity index (χ1) is 9.52. The highest BCUT2D eigenvalue weighted by molar-refractivity contribution is 9.10. The molecule has 10 heteroatoms. The molecule has 5 nitrogen and oxygen atoms in total. The molecule has 1 aromatic carbocycles. The molecule has 0 radical (unpaired) electrons. The molecule has 1 amide bonds. The molecule has 0 fully saturated rings. The Morgan fingerprint density at radius 1 is 1.48 bits per heavy atom. The molecule has 0 aliphatic heterocycles. The van der Waals surface area contributed by atoms with Crippen LogP contribution in [0.5, 0.6) is 0 Å². The number of carbonyl (C=O) groups is 1. The zero-order valence-corrected chi connectivity index (χ0v) is 15.8. The molecule has 1 aromatic rings. The van der Waals surface area contributed by atoms with Gasteiger partial charge in [-0.2, -0.15) is 0 Å². The van der Waals surface area contributed by atoms with Gasteiger partial charge in [0.05, 0.1) is 10.6 Å². The van der Waals surface area contributed by atoms with Crippen LogP contribution in [0.1, 0.15) is 17.3 Å². The maximum absolute atomic E-state index is 12.1. The zero-order valence-electron chi connectivity index (χ0n) is 11.0. The van der Waals surface area contributed by atoms with Gasteiger partial charge < -0.3 is 5.32 Å². The summed E-state index contributed by atoms with van der Waals surface area (Å²) < 4.78 is 34.3. The van der Waals surface area contributed by atoms with Gasteiger partial charge in [0.1, 0.15) is 4.90 Å². The second-order valence-corrected chi connectivity index (χ2v) is 9.63. The first kappa shape index (κ1) is 18.9. The van der Waals surface area contributed by atoms with E-state index in [-0.39, 0.29) is 27.3 Å². The van der Waals surface area contributed by atoms with Crippen LogP contribution >= 0.6 is 38.2 Å². The quantitative estimate of drug-likeness (QED) is 0.719. The molecule has 2 unspecified atom stereocenters. The Labute approximate surface area is 143 Å². The molecule has 118 valence electrons. The van der Waals surface area contributed by atoms with E-state index < -0.39 is 25.8 Å². The summed E-state index contributed by atoms with van der Waals surface area (Å²) in [6, 6.07) is 2.25. The summed E-state index contributed by atoms with van der Waals surface area (Å²) in [6.07, 6.45) is 1.52. The number of hydrogen-bond acceptors (Lipinski definition) is 4. The Bertz CT molecular complexity index is 694. The second kappa shape index (κ2) is 7.41. The third kappa shape index (κ3) is 5.52.